The van der Waals surface area contributed by atoms with Crippen LogP contribution in [0.25, 0.3) is 11.0 Å². The highest BCUT2D eigenvalue weighted by molar-refractivity contribution is 7.89. The van der Waals surface area contributed by atoms with Gasteiger partial charge in [-0.1, -0.05) is 23.7 Å². The largest absolute Gasteiger partial charge is 0.379 e. The Hall–Kier alpha value is -2.97. The summed E-state index contributed by atoms with van der Waals surface area (Å²) in [6.45, 7) is 1.28. The lowest BCUT2D eigenvalue weighted by Gasteiger charge is -2.26. The van der Waals surface area contributed by atoms with Gasteiger partial charge < -0.3 is 9.72 Å². The van der Waals surface area contributed by atoms with Gasteiger partial charge >= 0.3 is 0 Å². The first-order valence-corrected chi connectivity index (χ1v) is 10.9. The molecular weight excluding hydrogens is 428 g/mol. The number of hydrogen-bond donors (Lipinski definition) is 2. The molecule has 1 aliphatic rings. The van der Waals surface area contributed by atoms with Gasteiger partial charge in [0.25, 0.3) is 0 Å². The first-order valence-electron chi connectivity index (χ1n) is 9.05. The minimum atomic E-state index is -3.69. The molecule has 0 bridgehead atoms. The summed E-state index contributed by atoms with van der Waals surface area (Å²) in [5, 5.41) is 13.8. The standard InChI is InChI=1S/C19H17ClN6O3S/c20-14-6-5-13(30(27,28)26-7-9-29-10-8-26)11-17(14)24-25-18(12-21)19-22-15-3-1-2-4-16(15)23-19/h1-6,11,24H,7-10H2,(H,22,23). The van der Waals surface area contributed by atoms with Crippen LogP contribution in [0.3, 0.4) is 0 Å². The molecule has 0 spiro atoms. The normalized spacial score (nSPS) is 15.8. The molecule has 2 N–H and O–H groups in total. The number of H-pyrrole nitrogens is 1. The van der Waals surface area contributed by atoms with E-state index in [1.807, 2.05) is 30.3 Å². The van der Waals surface area contributed by atoms with Gasteiger partial charge in [0.2, 0.25) is 15.7 Å². The maximum atomic E-state index is 12.9. The second-order valence-electron chi connectivity index (χ2n) is 6.44. The number of aromatic amines is 1. The molecule has 0 atom stereocenters. The first kappa shape index (κ1) is 20.3. The molecule has 154 valence electrons. The third-order valence-electron chi connectivity index (χ3n) is 4.55. The van der Waals surface area contributed by atoms with Crippen molar-refractivity contribution in [2.24, 2.45) is 5.10 Å². The summed E-state index contributed by atoms with van der Waals surface area (Å²) in [5.41, 5.74) is 4.42. The maximum Gasteiger partial charge on any atom is 0.243 e. The highest BCUT2D eigenvalue weighted by Gasteiger charge is 2.27. The minimum Gasteiger partial charge on any atom is -0.379 e. The number of anilines is 1. The predicted molar refractivity (Wildman–Crippen MR) is 113 cm³/mol. The molecule has 11 heteroatoms. The molecule has 30 heavy (non-hydrogen) atoms. The van der Waals surface area contributed by atoms with Crippen molar-refractivity contribution >= 4 is 44.1 Å². The molecular formula is C19H17ClN6O3S. The van der Waals surface area contributed by atoms with Gasteiger partial charge in [-0.2, -0.15) is 14.7 Å². The molecule has 0 radical (unpaired) electrons. The van der Waals surface area contributed by atoms with Crippen LogP contribution in [-0.4, -0.2) is 54.7 Å². The summed E-state index contributed by atoms with van der Waals surface area (Å²) in [4.78, 5) is 7.44. The van der Waals surface area contributed by atoms with E-state index in [1.165, 1.54) is 22.5 Å². The summed E-state index contributed by atoms with van der Waals surface area (Å²) < 4.78 is 32.3. The van der Waals surface area contributed by atoms with Crippen LogP contribution in [0.2, 0.25) is 5.02 Å². The van der Waals surface area contributed by atoms with Crippen LogP contribution in [0, 0.1) is 11.3 Å². The number of hydrazone groups is 1. The number of nitriles is 1. The number of benzene rings is 2. The fraction of sp³-hybridized carbons (Fsp3) is 0.211. The monoisotopic (exact) mass is 444 g/mol. The van der Waals surface area contributed by atoms with E-state index in [0.717, 1.165) is 5.52 Å². The highest BCUT2D eigenvalue weighted by atomic mass is 35.5. The highest BCUT2D eigenvalue weighted by Crippen LogP contribution is 2.27. The van der Waals surface area contributed by atoms with Crippen LogP contribution in [0.4, 0.5) is 5.69 Å². The molecule has 2 aromatic carbocycles. The summed E-state index contributed by atoms with van der Waals surface area (Å²) in [5.74, 6) is 0.291. The predicted octanol–water partition coefficient (Wildman–Crippen LogP) is 2.58. The Morgan fingerprint density at radius 3 is 2.77 bits per heavy atom. The molecule has 1 aliphatic heterocycles. The first-order chi connectivity index (χ1) is 14.5. The van der Waals surface area contributed by atoms with Crippen LogP contribution < -0.4 is 5.43 Å². The van der Waals surface area contributed by atoms with Crippen LogP contribution in [-0.2, 0) is 14.8 Å². The zero-order chi connectivity index (χ0) is 21.1. The fourth-order valence-electron chi connectivity index (χ4n) is 3.00. The number of imidazole rings is 1. The van der Waals surface area contributed by atoms with E-state index < -0.39 is 10.0 Å². The van der Waals surface area contributed by atoms with Crippen molar-refractivity contribution in [3.63, 3.8) is 0 Å². The van der Waals surface area contributed by atoms with Gasteiger partial charge in [-0.3, -0.25) is 5.43 Å². The lowest BCUT2D eigenvalue weighted by Crippen LogP contribution is -2.40. The maximum absolute atomic E-state index is 12.9. The van der Waals surface area contributed by atoms with Gasteiger partial charge in [0.15, 0.2) is 5.82 Å². The number of nitrogens with one attached hydrogen (secondary N) is 2. The SMILES string of the molecule is N#CC(=NNc1cc(S(=O)(=O)N2CCOCC2)ccc1Cl)c1nc2ccccc2[nH]1. The number of hydrogen-bond acceptors (Lipinski definition) is 7. The van der Waals surface area contributed by atoms with Crippen LogP contribution in [0.5, 0.6) is 0 Å². The molecule has 9 nitrogen and oxygen atoms in total. The number of sulfonamides is 1. The van der Waals surface area contributed by atoms with Gasteiger partial charge in [0, 0.05) is 13.1 Å². The number of nitrogens with zero attached hydrogens (tertiary/aromatic N) is 4. The minimum absolute atomic E-state index is 0.00343. The van der Waals surface area contributed by atoms with E-state index in [0.29, 0.717) is 24.6 Å². The van der Waals surface area contributed by atoms with E-state index in [2.05, 4.69) is 20.5 Å². The fourth-order valence-corrected chi connectivity index (χ4v) is 4.59. The summed E-state index contributed by atoms with van der Waals surface area (Å²) in [6, 6.07) is 13.6. The average Bonchev–Trinajstić information content (AvgIpc) is 3.20. The Balaban J connectivity index is 1.62. The van der Waals surface area contributed by atoms with E-state index in [1.54, 1.807) is 0 Å². The molecule has 4 rings (SSSR count). The average molecular weight is 445 g/mol. The van der Waals surface area contributed by atoms with E-state index in [4.69, 9.17) is 16.3 Å². The quantitative estimate of drug-likeness (QED) is 0.460. The third kappa shape index (κ3) is 4.01. The van der Waals surface area contributed by atoms with Crippen molar-refractivity contribution in [2.45, 2.75) is 4.90 Å². The van der Waals surface area contributed by atoms with E-state index in [-0.39, 0.29) is 34.4 Å². The molecule has 1 fully saturated rings. The molecule has 1 aromatic heterocycles. The molecule has 0 amide bonds. The molecule has 0 aliphatic carbocycles. The number of morpholine rings is 1. The number of halogens is 1. The van der Waals surface area contributed by atoms with Gasteiger partial charge in [-0.05, 0) is 30.3 Å². The van der Waals surface area contributed by atoms with Crippen molar-refractivity contribution in [1.82, 2.24) is 14.3 Å². The van der Waals surface area contributed by atoms with Crippen molar-refractivity contribution in [3.8, 4) is 6.07 Å². The molecule has 0 saturated carbocycles. The summed E-state index contributed by atoms with van der Waals surface area (Å²) in [7, 11) is -3.69. The zero-order valence-electron chi connectivity index (χ0n) is 15.7. The Morgan fingerprint density at radius 1 is 1.27 bits per heavy atom. The van der Waals surface area contributed by atoms with Crippen molar-refractivity contribution in [1.29, 1.82) is 5.26 Å². The molecule has 0 unspecified atom stereocenters. The van der Waals surface area contributed by atoms with Crippen LogP contribution >= 0.6 is 11.6 Å². The Bertz CT molecular complexity index is 1230. The van der Waals surface area contributed by atoms with Gasteiger partial charge in [-0.15, -0.1) is 0 Å². The topological polar surface area (TPSA) is 123 Å². The smallest absolute Gasteiger partial charge is 0.243 e. The van der Waals surface area contributed by atoms with Crippen molar-refractivity contribution in [3.05, 3.63) is 53.3 Å². The van der Waals surface area contributed by atoms with Crippen molar-refractivity contribution in [2.75, 3.05) is 31.7 Å². The second-order valence-corrected chi connectivity index (χ2v) is 8.79. The summed E-state index contributed by atoms with van der Waals surface area (Å²) >= 11 is 6.20. The number of fused-ring (bicyclic) bond motifs is 1. The summed E-state index contributed by atoms with van der Waals surface area (Å²) in [6.07, 6.45) is 0. The van der Waals surface area contributed by atoms with Gasteiger partial charge in [0.05, 0.1) is 39.9 Å². The van der Waals surface area contributed by atoms with Crippen LogP contribution in [0.1, 0.15) is 5.82 Å². The Labute approximate surface area is 178 Å². The Kier molecular flexibility index (Phi) is 5.69. The second kappa shape index (κ2) is 8.41. The number of para-hydroxylation sites is 2. The lowest BCUT2D eigenvalue weighted by molar-refractivity contribution is 0.0730. The lowest BCUT2D eigenvalue weighted by atomic mass is 10.3. The molecule has 2 heterocycles. The van der Waals surface area contributed by atoms with Crippen LogP contribution in [0.15, 0.2) is 52.5 Å². The van der Waals surface area contributed by atoms with Gasteiger partial charge in [-0.25, -0.2) is 13.4 Å². The number of rotatable bonds is 5. The molecule has 3 aromatic rings. The molecule has 1 saturated heterocycles. The number of aromatic nitrogens is 2. The van der Waals surface area contributed by atoms with Crippen molar-refractivity contribution < 1.29 is 13.2 Å². The third-order valence-corrected chi connectivity index (χ3v) is 6.78. The van der Waals surface area contributed by atoms with E-state index in [9.17, 15) is 13.7 Å². The zero-order valence-corrected chi connectivity index (χ0v) is 17.2. The van der Waals surface area contributed by atoms with Gasteiger partial charge in [0.1, 0.15) is 6.07 Å². The van der Waals surface area contributed by atoms with E-state index >= 15 is 0 Å². The number of ether oxygens (including phenoxy) is 1. The Morgan fingerprint density at radius 2 is 2.03 bits per heavy atom.